The summed E-state index contributed by atoms with van der Waals surface area (Å²) in [6.07, 6.45) is 4.83. The van der Waals surface area contributed by atoms with Crippen molar-refractivity contribution in [1.29, 1.82) is 0 Å². The third kappa shape index (κ3) is 3.15. The molecule has 1 N–H and O–H groups in total. The third-order valence-electron chi connectivity index (χ3n) is 2.59. The lowest BCUT2D eigenvalue weighted by Crippen LogP contribution is -2.21. The molecule has 0 fully saturated rings. The number of hydrogen-bond donors (Lipinski definition) is 1. The van der Waals surface area contributed by atoms with Gasteiger partial charge in [-0.15, -0.1) is 11.3 Å². The molecule has 0 saturated carbocycles. The van der Waals surface area contributed by atoms with E-state index in [1.54, 1.807) is 0 Å². The number of aromatic nitrogens is 1. The lowest BCUT2D eigenvalue weighted by atomic mass is 10.1. The van der Waals surface area contributed by atoms with Crippen LogP contribution in [-0.2, 0) is 6.42 Å². The zero-order valence-electron chi connectivity index (χ0n) is 9.39. The van der Waals surface area contributed by atoms with Crippen LogP contribution in [0.25, 0.3) is 0 Å². The molecule has 0 bridgehead atoms. The summed E-state index contributed by atoms with van der Waals surface area (Å²) in [5.41, 5.74) is 1.24. The first-order valence-electron chi connectivity index (χ1n) is 5.52. The SMILES string of the molecule is C[C@@H](NCCc1cccs1)c1cccnc1. The van der Waals surface area contributed by atoms with Gasteiger partial charge in [0, 0.05) is 29.9 Å². The van der Waals surface area contributed by atoms with Gasteiger partial charge in [0.2, 0.25) is 0 Å². The van der Waals surface area contributed by atoms with Gasteiger partial charge in [0.1, 0.15) is 0 Å². The monoisotopic (exact) mass is 232 g/mol. The fraction of sp³-hybridized carbons (Fsp3) is 0.308. The first kappa shape index (κ1) is 11.3. The number of nitrogens with one attached hydrogen (secondary N) is 1. The molecule has 3 heteroatoms. The number of nitrogens with zero attached hydrogens (tertiary/aromatic N) is 1. The Labute approximate surface area is 100 Å². The van der Waals surface area contributed by atoms with E-state index in [1.807, 2.05) is 29.8 Å². The van der Waals surface area contributed by atoms with Crippen LogP contribution in [0.15, 0.2) is 42.0 Å². The van der Waals surface area contributed by atoms with Crippen molar-refractivity contribution in [3.05, 3.63) is 52.5 Å². The molecule has 2 rings (SSSR count). The van der Waals surface area contributed by atoms with Crippen LogP contribution in [0.1, 0.15) is 23.4 Å². The van der Waals surface area contributed by atoms with Gasteiger partial charge in [-0.05, 0) is 36.4 Å². The largest absolute Gasteiger partial charge is 0.310 e. The maximum atomic E-state index is 4.13. The second-order valence-electron chi connectivity index (χ2n) is 3.79. The number of rotatable bonds is 5. The summed E-state index contributed by atoms with van der Waals surface area (Å²) in [6.45, 7) is 3.18. The minimum absolute atomic E-state index is 0.369. The van der Waals surface area contributed by atoms with Crippen LogP contribution in [0.3, 0.4) is 0 Å². The summed E-state index contributed by atoms with van der Waals surface area (Å²) in [5, 5.41) is 5.63. The molecule has 0 radical (unpaired) electrons. The van der Waals surface area contributed by atoms with E-state index in [-0.39, 0.29) is 0 Å². The second kappa shape index (κ2) is 5.77. The Balaban J connectivity index is 1.78. The lowest BCUT2D eigenvalue weighted by molar-refractivity contribution is 0.577. The van der Waals surface area contributed by atoms with Gasteiger partial charge < -0.3 is 5.32 Å². The molecule has 2 nitrogen and oxygen atoms in total. The van der Waals surface area contributed by atoms with E-state index in [0.717, 1.165) is 13.0 Å². The molecule has 0 aliphatic rings. The van der Waals surface area contributed by atoms with Gasteiger partial charge in [-0.2, -0.15) is 0 Å². The van der Waals surface area contributed by atoms with Gasteiger partial charge in [0.15, 0.2) is 0 Å². The average Bonchev–Trinajstić information content (AvgIpc) is 2.83. The number of hydrogen-bond acceptors (Lipinski definition) is 3. The predicted molar refractivity (Wildman–Crippen MR) is 68.7 cm³/mol. The van der Waals surface area contributed by atoms with Crippen LogP contribution in [0.4, 0.5) is 0 Å². The van der Waals surface area contributed by atoms with Crippen LogP contribution in [0, 0.1) is 0 Å². The average molecular weight is 232 g/mol. The highest BCUT2D eigenvalue weighted by Crippen LogP contribution is 2.11. The van der Waals surface area contributed by atoms with Crippen LogP contribution >= 0.6 is 11.3 Å². The fourth-order valence-electron chi connectivity index (χ4n) is 1.62. The molecule has 2 aromatic rings. The highest BCUT2D eigenvalue weighted by Gasteiger charge is 2.03. The molecule has 0 spiro atoms. The van der Waals surface area contributed by atoms with Gasteiger partial charge in [0.25, 0.3) is 0 Å². The van der Waals surface area contributed by atoms with Crippen molar-refractivity contribution in [2.45, 2.75) is 19.4 Å². The molecule has 2 aromatic heterocycles. The number of thiophene rings is 1. The van der Waals surface area contributed by atoms with Crippen molar-refractivity contribution in [1.82, 2.24) is 10.3 Å². The van der Waals surface area contributed by atoms with Gasteiger partial charge in [-0.25, -0.2) is 0 Å². The van der Waals surface area contributed by atoms with Crippen molar-refractivity contribution in [3.8, 4) is 0 Å². The van der Waals surface area contributed by atoms with E-state index in [4.69, 9.17) is 0 Å². The van der Waals surface area contributed by atoms with Crippen molar-refractivity contribution in [2.24, 2.45) is 0 Å². The zero-order valence-corrected chi connectivity index (χ0v) is 10.2. The third-order valence-corrected chi connectivity index (χ3v) is 3.52. The molecule has 2 heterocycles. The Bertz CT molecular complexity index is 397. The molecule has 1 atom stereocenters. The second-order valence-corrected chi connectivity index (χ2v) is 4.82. The topological polar surface area (TPSA) is 24.9 Å². The fourth-order valence-corrected chi connectivity index (χ4v) is 2.33. The van der Waals surface area contributed by atoms with Gasteiger partial charge in [-0.3, -0.25) is 4.98 Å². The first-order chi connectivity index (χ1) is 7.86. The van der Waals surface area contributed by atoms with Gasteiger partial charge >= 0.3 is 0 Å². The van der Waals surface area contributed by atoms with Crippen molar-refractivity contribution >= 4 is 11.3 Å². The van der Waals surface area contributed by atoms with Crippen molar-refractivity contribution < 1.29 is 0 Å². The molecule has 0 aromatic carbocycles. The van der Waals surface area contributed by atoms with Gasteiger partial charge in [0.05, 0.1) is 0 Å². The van der Waals surface area contributed by atoms with E-state index in [0.29, 0.717) is 6.04 Å². The van der Waals surface area contributed by atoms with Crippen LogP contribution < -0.4 is 5.32 Å². The summed E-state index contributed by atoms with van der Waals surface area (Å²) in [4.78, 5) is 5.56. The summed E-state index contributed by atoms with van der Waals surface area (Å²) in [5.74, 6) is 0. The molecule has 0 unspecified atom stereocenters. The standard InChI is InChI=1S/C13H16N2S/c1-11(12-4-2-7-14-10-12)15-8-6-13-5-3-9-16-13/h2-5,7,9-11,15H,6,8H2,1H3/t11-/m1/s1. The molecule has 0 aliphatic carbocycles. The van der Waals surface area contributed by atoms with Crippen molar-refractivity contribution in [2.75, 3.05) is 6.54 Å². The van der Waals surface area contributed by atoms with Crippen LogP contribution in [0.5, 0.6) is 0 Å². The first-order valence-corrected chi connectivity index (χ1v) is 6.40. The molecular formula is C13H16N2S. The Morgan fingerprint density at radius 3 is 3.00 bits per heavy atom. The van der Waals surface area contributed by atoms with E-state index < -0.39 is 0 Å². The van der Waals surface area contributed by atoms with Gasteiger partial charge in [-0.1, -0.05) is 12.1 Å². The highest BCUT2D eigenvalue weighted by atomic mass is 32.1. The molecule has 84 valence electrons. The zero-order chi connectivity index (χ0) is 11.2. The lowest BCUT2D eigenvalue weighted by Gasteiger charge is -2.13. The smallest absolute Gasteiger partial charge is 0.0315 e. The Morgan fingerprint density at radius 1 is 1.38 bits per heavy atom. The Morgan fingerprint density at radius 2 is 2.31 bits per heavy atom. The highest BCUT2D eigenvalue weighted by molar-refractivity contribution is 7.09. The molecule has 16 heavy (non-hydrogen) atoms. The Kier molecular flexibility index (Phi) is 4.08. The summed E-state index contributed by atoms with van der Waals surface area (Å²) < 4.78 is 0. The quantitative estimate of drug-likeness (QED) is 0.857. The van der Waals surface area contributed by atoms with E-state index in [1.165, 1.54) is 10.4 Å². The van der Waals surface area contributed by atoms with Crippen LogP contribution in [-0.4, -0.2) is 11.5 Å². The maximum absolute atomic E-state index is 4.13. The summed E-state index contributed by atoms with van der Waals surface area (Å²) >= 11 is 1.82. The van der Waals surface area contributed by atoms with Crippen LogP contribution in [0.2, 0.25) is 0 Å². The van der Waals surface area contributed by atoms with E-state index in [9.17, 15) is 0 Å². The molecule has 0 saturated heterocycles. The van der Waals surface area contributed by atoms with Crippen molar-refractivity contribution in [3.63, 3.8) is 0 Å². The summed E-state index contributed by atoms with van der Waals surface area (Å²) in [6, 6.07) is 8.74. The number of pyridine rings is 1. The minimum atomic E-state index is 0.369. The molecule has 0 amide bonds. The normalized spacial score (nSPS) is 12.6. The minimum Gasteiger partial charge on any atom is -0.310 e. The maximum Gasteiger partial charge on any atom is 0.0315 e. The molecular weight excluding hydrogens is 216 g/mol. The van der Waals surface area contributed by atoms with E-state index >= 15 is 0 Å². The van der Waals surface area contributed by atoms with E-state index in [2.05, 4.69) is 40.8 Å². The molecule has 0 aliphatic heterocycles. The Hall–Kier alpha value is -1.19. The summed E-state index contributed by atoms with van der Waals surface area (Å²) in [7, 11) is 0. The predicted octanol–water partition coefficient (Wildman–Crippen LogP) is 3.04.